The number of anilines is 1. The fourth-order valence-corrected chi connectivity index (χ4v) is 5.59. The second-order valence-electron chi connectivity index (χ2n) is 6.01. The molecule has 9 heteroatoms. The van der Waals surface area contributed by atoms with E-state index in [-0.39, 0.29) is 17.8 Å². The standard InChI is InChI=1S/C17H22N2O5S2/c1-12-5-4-7-14(19(22)23)17(12)18-15(20)11-24-16(21)8-3-2-6-13-9-10-25-26-13/h4-5,7,13H,2-3,6,8-11H2,1H3,(H,18,20)/t13-/m1/s1. The third kappa shape index (κ3) is 6.53. The van der Waals surface area contributed by atoms with E-state index in [1.165, 1.54) is 18.2 Å². The normalized spacial score (nSPS) is 16.3. The highest BCUT2D eigenvalue weighted by atomic mass is 33.1. The third-order valence-electron chi connectivity index (χ3n) is 3.96. The predicted molar refractivity (Wildman–Crippen MR) is 104 cm³/mol. The van der Waals surface area contributed by atoms with Crippen LogP contribution in [0.15, 0.2) is 18.2 Å². The number of benzene rings is 1. The molecular formula is C17H22N2O5S2. The number of rotatable bonds is 9. The second-order valence-corrected chi connectivity index (χ2v) is 8.80. The van der Waals surface area contributed by atoms with Gasteiger partial charge in [0.25, 0.3) is 11.6 Å². The lowest BCUT2D eigenvalue weighted by Gasteiger charge is -2.10. The number of hydrogen-bond acceptors (Lipinski definition) is 7. The lowest BCUT2D eigenvalue weighted by molar-refractivity contribution is -0.384. The molecule has 1 aliphatic heterocycles. The van der Waals surface area contributed by atoms with Gasteiger partial charge in [0.2, 0.25) is 0 Å². The Kier molecular flexibility index (Phi) is 8.24. The Balaban J connectivity index is 1.69. The summed E-state index contributed by atoms with van der Waals surface area (Å²) >= 11 is 0. The Bertz CT molecular complexity index is 663. The number of carbonyl (C=O) groups excluding carboxylic acids is 2. The summed E-state index contributed by atoms with van der Waals surface area (Å²) in [6, 6.07) is 4.53. The molecular weight excluding hydrogens is 376 g/mol. The van der Waals surface area contributed by atoms with Gasteiger partial charge in [0.1, 0.15) is 5.69 Å². The molecule has 0 radical (unpaired) electrons. The molecule has 1 aromatic rings. The van der Waals surface area contributed by atoms with Crippen LogP contribution in [0.25, 0.3) is 0 Å². The second kappa shape index (κ2) is 10.4. The van der Waals surface area contributed by atoms with Crippen LogP contribution in [-0.2, 0) is 14.3 Å². The summed E-state index contributed by atoms with van der Waals surface area (Å²) in [4.78, 5) is 34.1. The number of unbranched alkanes of at least 4 members (excludes halogenated alkanes) is 1. The van der Waals surface area contributed by atoms with Gasteiger partial charge in [-0.1, -0.05) is 40.1 Å². The number of nitro groups is 1. The van der Waals surface area contributed by atoms with Gasteiger partial charge in [-0.05, 0) is 31.7 Å². The molecule has 0 saturated carbocycles. The fraction of sp³-hybridized carbons (Fsp3) is 0.529. The molecule has 1 heterocycles. The Hall–Kier alpha value is -1.74. The molecule has 0 bridgehead atoms. The monoisotopic (exact) mass is 398 g/mol. The molecule has 1 atom stereocenters. The van der Waals surface area contributed by atoms with Crippen LogP contribution in [0.3, 0.4) is 0 Å². The number of esters is 1. The highest BCUT2D eigenvalue weighted by Gasteiger charge is 2.19. The van der Waals surface area contributed by atoms with Crippen molar-refractivity contribution in [3.8, 4) is 0 Å². The summed E-state index contributed by atoms with van der Waals surface area (Å²) < 4.78 is 4.96. The number of aryl methyl sites for hydroxylation is 1. The Labute approximate surface area is 160 Å². The molecule has 26 heavy (non-hydrogen) atoms. The van der Waals surface area contributed by atoms with Crippen molar-refractivity contribution in [3.63, 3.8) is 0 Å². The SMILES string of the molecule is Cc1cccc([N+](=O)[O-])c1NC(=O)COC(=O)CCCC[C@@H]1CCSS1. The Morgan fingerprint density at radius 2 is 2.19 bits per heavy atom. The lowest BCUT2D eigenvalue weighted by Crippen LogP contribution is -2.21. The van der Waals surface area contributed by atoms with Gasteiger partial charge in [-0.3, -0.25) is 19.7 Å². The molecule has 1 N–H and O–H groups in total. The Morgan fingerprint density at radius 3 is 2.88 bits per heavy atom. The van der Waals surface area contributed by atoms with Gasteiger partial charge in [-0.15, -0.1) is 0 Å². The molecule has 1 fully saturated rings. The molecule has 1 aliphatic rings. The maximum Gasteiger partial charge on any atom is 0.306 e. The van der Waals surface area contributed by atoms with Crippen molar-refractivity contribution in [1.82, 2.24) is 0 Å². The zero-order valence-electron chi connectivity index (χ0n) is 14.6. The first-order valence-electron chi connectivity index (χ1n) is 8.45. The van der Waals surface area contributed by atoms with E-state index in [0.717, 1.165) is 19.3 Å². The van der Waals surface area contributed by atoms with E-state index in [1.54, 1.807) is 19.1 Å². The van der Waals surface area contributed by atoms with Gasteiger partial charge < -0.3 is 10.1 Å². The molecule has 0 spiro atoms. The fourth-order valence-electron chi connectivity index (χ4n) is 2.57. The summed E-state index contributed by atoms with van der Waals surface area (Å²) in [5.41, 5.74) is 0.514. The van der Waals surface area contributed by atoms with E-state index < -0.39 is 23.4 Å². The van der Waals surface area contributed by atoms with Crippen molar-refractivity contribution in [3.05, 3.63) is 33.9 Å². The average molecular weight is 399 g/mol. The van der Waals surface area contributed by atoms with Crippen LogP contribution in [0.4, 0.5) is 11.4 Å². The minimum Gasteiger partial charge on any atom is -0.456 e. The van der Waals surface area contributed by atoms with E-state index >= 15 is 0 Å². The van der Waals surface area contributed by atoms with E-state index in [4.69, 9.17) is 4.74 Å². The zero-order chi connectivity index (χ0) is 18.9. The van der Waals surface area contributed by atoms with Crippen LogP contribution in [0.5, 0.6) is 0 Å². The molecule has 142 valence electrons. The third-order valence-corrected chi connectivity index (χ3v) is 6.97. The van der Waals surface area contributed by atoms with Gasteiger partial charge in [-0.2, -0.15) is 0 Å². The molecule has 1 saturated heterocycles. The summed E-state index contributed by atoms with van der Waals surface area (Å²) in [5, 5.41) is 14.2. The van der Waals surface area contributed by atoms with Gasteiger partial charge in [0, 0.05) is 23.5 Å². The van der Waals surface area contributed by atoms with E-state index in [9.17, 15) is 19.7 Å². The van der Waals surface area contributed by atoms with Crippen LogP contribution in [-0.4, -0.2) is 34.4 Å². The van der Waals surface area contributed by atoms with Crippen molar-refractivity contribution < 1.29 is 19.2 Å². The maximum atomic E-state index is 11.9. The minimum atomic E-state index is -0.588. The number of hydrogen-bond donors (Lipinski definition) is 1. The minimum absolute atomic E-state index is 0.130. The van der Waals surface area contributed by atoms with E-state index in [0.29, 0.717) is 10.8 Å². The number of nitrogens with zero attached hydrogens (tertiary/aromatic N) is 1. The van der Waals surface area contributed by atoms with Gasteiger partial charge in [0.05, 0.1) is 4.92 Å². The van der Waals surface area contributed by atoms with Crippen LogP contribution in [0.2, 0.25) is 0 Å². The summed E-state index contributed by atoms with van der Waals surface area (Å²) in [7, 11) is 3.82. The van der Waals surface area contributed by atoms with Crippen molar-refractivity contribution >= 4 is 44.8 Å². The van der Waals surface area contributed by atoms with Crippen LogP contribution in [0.1, 0.15) is 37.7 Å². The Morgan fingerprint density at radius 1 is 1.38 bits per heavy atom. The van der Waals surface area contributed by atoms with Crippen LogP contribution < -0.4 is 5.32 Å². The molecule has 1 aromatic carbocycles. The average Bonchev–Trinajstić information content (AvgIpc) is 3.12. The number of para-hydroxylation sites is 1. The zero-order valence-corrected chi connectivity index (χ0v) is 16.2. The quantitative estimate of drug-likeness (QED) is 0.220. The topological polar surface area (TPSA) is 98.5 Å². The van der Waals surface area contributed by atoms with Crippen molar-refractivity contribution in [2.24, 2.45) is 0 Å². The summed E-state index contributed by atoms with van der Waals surface area (Å²) in [5.74, 6) is 0.189. The van der Waals surface area contributed by atoms with Crippen molar-refractivity contribution in [1.29, 1.82) is 0 Å². The molecule has 2 rings (SSSR count). The number of nitrogens with one attached hydrogen (secondary N) is 1. The first-order chi connectivity index (χ1) is 12.5. The number of nitro benzene ring substituents is 1. The first kappa shape index (κ1) is 20.6. The van der Waals surface area contributed by atoms with E-state index in [1.807, 2.05) is 21.6 Å². The largest absolute Gasteiger partial charge is 0.456 e. The first-order valence-corrected chi connectivity index (χ1v) is 10.8. The van der Waals surface area contributed by atoms with Crippen LogP contribution >= 0.6 is 21.6 Å². The van der Waals surface area contributed by atoms with Gasteiger partial charge in [0.15, 0.2) is 6.61 Å². The smallest absolute Gasteiger partial charge is 0.306 e. The number of ether oxygens (including phenoxy) is 1. The molecule has 1 amide bonds. The summed E-state index contributed by atoms with van der Waals surface area (Å²) in [6.45, 7) is 1.22. The lowest BCUT2D eigenvalue weighted by atomic mass is 10.1. The van der Waals surface area contributed by atoms with Gasteiger partial charge in [-0.25, -0.2) is 0 Å². The molecule has 0 aliphatic carbocycles. The van der Waals surface area contributed by atoms with Crippen molar-refractivity contribution in [2.75, 3.05) is 17.7 Å². The van der Waals surface area contributed by atoms with Crippen molar-refractivity contribution in [2.45, 2.75) is 44.3 Å². The summed E-state index contributed by atoms with van der Waals surface area (Å²) in [6.07, 6.45) is 4.32. The number of amides is 1. The predicted octanol–water partition coefficient (Wildman–Crippen LogP) is 4.10. The molecule has 0 aromatic heterocycles. The molecule has 7 nitrogen and oxygen atoms in total. The highest BCUT2D eigenvalue weighted by Crippen LogP contribution is 2.39. The van der Waals surface area contributed by atoms with E-state index in [2.05, 4.69) is 5.32 Å². The van der Waals surface area contributed by atoms with Crippen LogP contribution in [0, 0.1) is 17.0 Å². The molecule has 0 unspecified atom stereocenters. The highest BCUT2D eigenvalue weighted by molar-refractivity contribution is 8.77. The maximum absolute atomic E-state index is 11.9. The van der Waals surface area contributed by atoms with Gasteiger partial charge >= 0.3 is 5.97 Å². The number of carbonyl (C=O) groups is 2.